The summed E-state index contributed by atoms with van der Waals surface area (Å²) in [6.07, 6.45) is 4.12. The summed E-state index contributed by atoms with van der Waals surface area (Å²) in [5.41, 5.74) is 1.72. The summed E-state index contributed by atoms with van der Waals surface area (Å²) in [6, 6.07) is 1.94. The van der Waals surface area contributed by atoms with Crippen molar-refractivity contribution in [3.63, 3.8) is 0 Å². The largest absolute Gasteiger partial charge is 0.337 e. The van der Waals surface area contributed by atoms with E-state index >= 15 is 0 Å². The molecule has 0 N–H and O–H groups in total. The molecule has 1 fully saturated rings. The zero-order valence-electron chi connectivity index (χ0n) is 12.4. The van der Waals surface area contributed by atoms with Gasteiger partial charge in [0.2, 0.25) is 0 Å². The molecule has 20 heavy (non-hydrogen) atoms. The second-order valence-electron chi connectivity index (χ2n) is 5.43. The van der Waals surface area contributed by atoms with Gasteiger partial charge in [-0.1, -0.05) is 6.92 Å². The van der Waals surface area contributed by atoms with Crippen LogP contribution in [0.5, 0.6) is 0 Å². The molecule has 2 rings (SSSR count). The van der Waals surface area contributed by atoms with Gasteiger partial charge in [0.15, 0.2) is 0 Å². The molecule has 0 saturated carbocycles. The van der Waals surface area contributed by atoms with Gasteiger partial charge in [0.05, 0.1) is 5.69 Å². The fourth-order valence-electron chi connectivity index (χ4n) is 2.86. The van der Waals surface area contributed by atoms with Crippen molar-refractivity contribution in [2.24, 2.45) is 5.92 Å². The molecular formula is C15H24ClN3O. The molecule has 0 spiro atoms. The number of aryl methyl sites for hydroxylation is 2. The van der Waals surface area contributed by atoms with Crippen molar-refractivity contribution in [3.05, 3.63) is 17.5 Å². The summed E-state index contributed by atoms with van der Waals surface area (Å²) >= 11 is 5.83. The van der Waals surface area contributed by atoms with E-state index in [0.29, 0.717) is 11.8 Å². The van der Waals surface area contributed by atoms with E-state index in [0.717, 1.165) is 50.3 Å². The van der Waals surface area contributed by atoms with E-state index in [1.807, 2.05) is 22.6 Å². The Hall–Kier alpha value is -1.03. The number of likely N-dealkylation sites (tertiary alicyclic amines) is 1. The second-order valence-corrected chi connectivity index (χ2v) is 5.81. The maximum absolute atomic E-state index is 12.7. The van der Waals surface area contributed by atoms with Crippen molar-refractivity contribution >= 4 is 17.5 Å². The van der Waals surface area contributed by atoms with Gasteiger partial charge in [0.1, 0.15) is 5.69 Å². The zero-order valence-corrected chi connectivity index (χ0v) is 13.2. The fraction of sp³-hybridized carbons (Fsp3) is 0.733. The molecule has 1 aliphatic heterocycles. The molecule has 0 bridgehead atoms. The molecule has 1 amide bonds. The Balaban J connectivity index is 2.12. The van der Waals surface area contributed by atoms with Crippen molar-refractivity contribution in [1.82, 2.24) is 14.7 Å². The number of rotatable bonds is 5. The summed E-state index contributed by atoms with van der Waals surface area (Å²) in [5.74, 6) is 1.35. The molecule has 4 nitrogen and oxygen atoms in total. The molecule has 1 aliphatic rings. The van der Waals surface area contributed by atoms with E-state index < -0.39 is 0 Å². The number of hydrogen-bond donors (Lipinski definition) is 0. The highest BCUT2D eigenvalue weighted by Gasteiger charge is 2.26. The van der Waals surface area contributed by atoms with Gasteiger partial charge in [-0.2, -0.15) is 5.10 Å². The van der Waals surface area contributed by atoms with Crippen LogP contribution in [0.4, 0.5) is 0 Å². The third-order valence-corrected chi connectivity index (χ3v) is 4.25. The van der Waals surface area contributed by atoms with Crippen molar-refractivity contribution in [3.8, 4) is 0 Å². The highest BCUT2D eigenvalue weighted by molar-refractivity contribution is 6.17. The summed E-state index contributed by atoms with van der Waals surface area (Å²) in [5, 5.41) is 4.47. The molecule has 0 aromatic carbocycles. The number of alkyl halides is 1. The molecule has 0 radical (unpaired) electrons. The first kappa shape index (κ1) is 15.4. The first-order valence-corrected chi connectivity index (χ1v) is 8.15. The van der Waals surface area contributed by atoms with Gasteiger partial charge >= 0.3 is 0 Å². The van der Waals surface area contributed by atoms with Gasteiger partial charge < -0.3 is 4.90 Å². The Morgan fingerprint density at radius 2 is 2.30 bits per heavy atom. The lowest BCUT2D eigenvalue weighted by Crippen LogP contribution is -2.40. The molecule has 1 aromatic heterocycles. The molecule has 1 saturated heterocycles. The van der Waals surface area contributed by atoms with Crippen LogP contribution in [-0.2, 0) is 13.0 Å². The van der Waals surface area contributed by atoms with E-state index in [-0.39, 0.29) is 5.91 Å². The Morgan fingerprint density at radius 3 is 2.95 bits per heavy atom. The molecule has 112 valence electrons. The Morgan fingerprint density at radius 1 is 1.50 bits per heavy atom. The van der Waals surface area contributed by atoms with Crippen LogP contribution in [0.1, 0.15) is 49.3 Å². The quantitative estimate of drug-likeness (QED) is 0.784. The Bertz CT molecular complexity index is 456. The molecule has 1 unspecified atom stereocenters. The van der Waals surface area contributed by atoms with E-state index in [1.54, 1.807) is 0 Å². The fourth-order valence-corrected chi connectivity index (χ4v) is 3.17. The number of piperidine rings is 1. The third-order valence-electron chi connectivity index (χ3n) is 4.04. The molecule has 1 atom stereocenters. The lowest BCUT2D eigenvalue weighted by Gasteiger charge is -2.32. The standard InChI is InChI=1S/C15H24ClN3O/c1-3-13-10-14(19(4-2)17-13)15(20)18-9-5-6-12(11-18)7-8-16/h10,12H,3-9,11H2,1-2H3. The number of hydrogen-bond acceptors (Lipinski definition) is 2. The predicted molar refractivity (Wildman–Crippen MR) is 81.2 cm³/mol. The highest BCUT2D eigenvalue weighted by atomic mass is 35.5. The normalized spacial score (nSPS) is 19.4. The van der Waals surface area contributed by atoms with E-state index in [2.05, 4.69) is 12.0 Å². The van der Waals surface area contributed by atoms with Gasteiger partial charge in [-0.3, -0.25) is 9.48 Å². The van der Waals surface area contributed by atoms with E-state index in [9.17, 15) is 4.79 Å². The monoisotopic (exact) mass is 297 g/mol. The maximum Gasteiger partial charge on any atom is 0.272 e. The van der Waals surface area contributed by atoms with Gasteiger partial charge in [-0.15, -0.1) is 11.6 Å². The smallest absolute Gasteiger partial charge is 0.272 e. The lowest BCUT2D eigenvalue weighted by atomic mass is 9.95. The minimum absolute atomic E-state index is 0.123. The van der Waals surface area contributed by atoms with Gasteiger partial charge in [0, 0.05) is 25.5 Å². The van der Waals surface area contributed by atoms with Crippen LogP contribution in [-0.4, -0.2) is 39.6 Å². The van der Waals surface area contributed by atoms with E-state index in [1.165, 1.54) is 6.42 Å². The van der Waals surface area contributed by atoms with Crippen LogP contribution in [0.2, 0.25) is 0 Å². The molecule has 0 aliphatic carbocycles. The van der Waals surface area contributed by atoms with Crippen LogP contribution in [0, 0.1) is 5.92 Å². The highest BCUT2D eigenvalue weighted by Crippen LogP contribution is 2.22. The predicted octanol–water partition coefficient (Wildman–Crippen LogP) is 2.95. The molecule has 5 heteroatoms. The minimum atomic E-state index is 0.123. The maximum atomic E-state index is 12.7. The Labute approximate surface area is 126 Å². The van der Waals surface area contributed by atoms with Gasteiger partial charge in [-0.25, -0.2) is 0 Å². The number of carbonyl (C=O) groups excluding carboxylic acids is 1. The SMILES string of the molecule is CCc1cc(C(=O)N2CCCC(CCCl)C2)n(CC)n1. The molecule has 1 aromatic rings. The van der Waals surface area contributed by atoms with Crippen molar-refractivity contribution < 1.29 is 4.79 Å². The topological polar surface area (TPSA) is 38.1 Å². The molecule has 2 heterocycles. The van der Waals surface area contributed by atoms with Crippen LogP contribution >= 0.6 is 11.6 Å². The molecular weight excluding hydrogens is 274 g/mol. The van der Waals surface area contributed by atoms with Gasteiger partial charge in [0.25, 0.3) is 5.91 Å². The lowest BCUT2D eigenvalue weighted by molar-refractivity contribution is 0.0659. The number of nitrogens with zero attached hydrogens (tertiary/aromatic N) is 3. The second kappa shape index (κ2) is 7.11. The first-order valence-electron chi connectivity index (χ1n) is 7.61. The van der Waals surface area contributed by atoms with Crippen molar-refractivity contribution in [2.75, 3.05) is 19.0 Å². The number of aromatic nitrogens is 2. The Kier molecular flexibility index (Phi) is 5.46. The van der Waals surface area contributed by atoms with Gasteiger partial charge in [-0.05, 0) is 44.6 Å². The van der Waals surface area contributed by atoms with Crippen molar-refractivity contribution in [1.29, 1.82) is 0 Å². The minimum Gasteiger partial charge on any atom is -0.337 e. The average Bonchev–Trinajstić information content (AvgIpc) is 2.90. The van der Waals surface area contributed by atoms with Crippen LogP contribution < -0.4 is 0 Å². The number of amides is 1. The number of carbonyl (C=O) groups is 1. The summed E-state index contributed by atoms with van der Waals surface area (Å²) in [4.78, 5) is 14.7. The summed E-state index contributed by atoms with van der Waals surface area (Å²) in [7, 11) is 0. The summed E-state index contributed by atoms with van der Waals surface area (Å²) in [6.45, 7) is 6.51. The van der Waals surface area contributed by atoms with Crippen LogP contribution in [0.25, 0.3) is 0 Å². The van der Waals surface area contributed by atoms with Crippen LogP contribution in [0.3, 0.4) is 0 Å². The van der Waals surface area contributed by atoms with E-state index in [4.69, 9.17) is 11.6 Å². The summed E-state index contributed by atoms with van der Waals surface area (Å²) < 4.78 is 1.83. The zero-order chi connectivity index (χ0) is 14.5. The third kappa shape index (κ3) is 3.35. The number of halogens is 1. The van der Waals surface area contributed by atoms with Crippen molar-refractivity contribution in [2.45, 2.75) is 46.1 Å². The average molecular weight is 298 g/mol. The van der Waals surface area contributed by atoms with Crippen LogP contribution in [0.15, 0.2) is 6.07 Å². The first-order chi connectivity index (χ1) is 9.69.